The molecule has 1 aliphatic heterocycles. The second-order valence-electron chi connectivity index (χ2n) is 8.93. The highest BCUT2D eigenvalue weighted by Gasteiger charge is 2.42. The highest BCUT2D eigenvalue weighted by Crippen LogP contribution is 2.49. The molecule has 206 valence electrons. The number of nitrogens with two attached hydrogens (primary N) is 1. The first-order valence-corrected chi connectivity index (χ1v) is 14.0. The van der Waals surface area contributed by atoms with E-state index in [9.17, 15) is 14.9 Å². The predicted octanol–water partition coefficient (Wildman–Crippen LogP) is 3.89. The monoisotopic (exact) mass is 579 g/mol. The lowest BCUT2D eigenvalue weighted by Gasteiger charge is -2.38. The van der Waals surface area contributed by atoms with Crippen molar-refractivity contribution in [3.8, 4) is 17.6 Å². The number of hydrogen-bond donors (Lipinski definition) is 2. The van der Waals surface area contributed by atoms with Crippen LogP contribution in [0.1, 0.15) is 36.5 Å². The minimum absolute atomic E-state index is 0.0689. The van der Waals surface area contributed by atoms with Crippen molar-refractivity contribution in [2.45, 2.75) is 36.4 Å². The molecule has 0 saturated carbocycles. The minimum atomic E-state index is -0.722. The van der Waals surface area contributed by atoms with Crippen LogP contribution in [-0.4, -0.2) is 47.0 Å². The molecule has 1 unspecified atom stereocenters. The second-order valence-corrected chi connectivity index (χ2v) is 11.1. The van der Waals surface area contributed by atoms with Crippen LogP contribution in [0.15, 0.2) is 55.8 Å². The van der Waals surface area contributed by atoms with Crippen LogP contribution in [0.4, 0.5) is 10.9 Å². The fraction of sp³-hybridized carbons (Fsp3) is 0.308. The van der Waals surface area contributed by atoms with Crippen LogP contribution in [0.2, 0.25) is 0 Å². The first kappa shape index (κ1) is 27.2. The Hall–Kier alpha value is -4.35. The molecule has 1 aliphatic carbocycles. The number of nitriles is 1. The molecule has 3 N–H and O–H groups in total. The van der Waals surface area contributed by atoms with Crippen LogP contribution in [0.3, 0.4) is 0 Å². The van der Waals surface area contributed by atoms with Gasteiger partial charge in [0.15, 0.2) is 15.9 Å². The van der Waals surface area contributed by atoms with Crippen molar-refractivity contribution in [1.82, 2.24) is 15.4 Å². The van der Waals surface area contributed by atoms with Crippen molar-refractivity contribution in [3.63, 3.8) is 0 Å². The van der Waals surface area contributed by atoms with Crippen LogP contribution in [0.5, 0.6) is 11.5 Å². The molecule has 1 amide bonds. The van der Waals surface area contributed by atoms with Crippen molar-refractivity contribution in [1.29, 1.82) is 5.26 Å². The molecule has 3 heterocycles. The van der Waals surface area contributed by atoms with Gasteiger partial charge in [0.05, 0.1) is 37.5 Å². The summed E-state index contributed by atoms with van der Waals surface area (Å²) in [4.78, 5) is 27.4. The molecular weight excluding hydrogens is 554 g/mol. The third-order valence-electron chi connectivity index (χ3n) is 6.47. The summed E-state index contributed by atoms with van der Waals surface area (Å²) in [6.45, 7) is 1.73. The van der Waals surface area contributed by atoms with E-state index in [1.54, 1.807) is 43.2 Å². The highest BCUT2D eigenvalue weighted by atomic mass is 32.2. The maximum atomic E-state index is 13.4. The Morgan fingerprint density at radius 2 is 2.12 bits per heavy atom. The van der Waals surface area contributed by atoms with Gasteiger partial charge < -0.3 is 25.0 Å². The number of aryl methyl sites for hydroxylation is 1. The lowest BCUT2D eigenvalue weighted by molar-refractivity contribution is -0.116. The number of rotatable bonds is 8. The smallest absolute Gasteiger partial charge is 0.236 e. The van der Waals surface area contributed by atoms with E-state index >= 15 is 0 Å². The van der Waals surface area contributed by atoms with E-state index in [1.807, 2.05) is 0 Å². The van der Waals surface area contributed by atoms with Gasteiger partial charge in [-0.05, 0) is 38.0 Å². The molecule has 1 atom stereocenters. The Labute approximate surface area is 237 Å². The third kappa shape index (κ3) is 5.13. The van der Waals surface area contributed by atoms with Crippen molar-refractivity contribution >= 4 is 45.7 Å². The van der Waals surface area contributed by atoms with Gasteiger partial charge >= 0.3 is 0 Å². The summed E-state index contributed by atoms with van der Waals surface area (Å²) in [5.41, 5.74) is 8.62. The number of carbonyl (C=O) groups excluding carboxylic acids is 2. The largest absolute Gasteiger partial charge is 0.497 e. The minimum Gasteiger partial charge on any atom is -0.497 e. The number of anilines is 2. The molecule has 3 aromatic rings. The summed E-state index contributed by atoms with van der Waals surface area (Å²) in [5, 5.41) is 25.6. The Kier molecular flexibility index (Phi) is 7.76. The molecule has 2 aromatic heterocycles. The molecule has 2 aliphatic rings. The van der Waals surface area contributed by atoms with Gasteiger partial charge in [-0.25, -0.2) is 0 Å². The van der Waals surface area contributed by atoms with Crippen molar-refractivity contribution in [2.75, 3.05) is 30.2 Å². The number of allylic oxidation sites excluding steroid dienone is 3. The summed E-state index contributed by atoms with van der Waals surface area (Å²) < 4.78 is 16.5. The molecule has 0 fully saturated rings. The fourth-order valence-electron chi connectivity index (χ4n) is 4.76. The van der Waals surface area contributed by atoms with E-state index < -0.39 is 5.92 Å². The number of amides is 1. The number of ether oxygens (including phenoxy) is 2. The molecule has 0 spiro atoms. The SMILES string of the molecule is COc1ccc(OC)c(C2C(C#N)=C(N)N(c3nnc(SCC(=O)Nc4cc(C)on4)s3)C3=C2C(=O)CCC3)c1. The van der Waals surface area contributed by atoms with Gasteiger partial charge in [-0.3, -0.25) is 14.5 Å². The molecule has 40 heavy (non-hydrogen) atoms. The quantitative estimate of drug-likeness (QED) is 0.370. The average Bonchev–Trinajstić information content (AvgIpc) is 3.59. The van der Waals surface area contributed by atoms with Crippen molar-refractivity contribution in [2.24, 2.45) is 5.73 Å². The van der Waals surface area contributed by atoms with Gasteiger partial charge in [0.1, 0.15) is 23.1 Å². The molecule has 0 saturated heterocycles. The van der Waals surface area contributed by atoms with Crippen LogP contribution in [0.25, 0.3) is 0 Å². The van der Waals surface area contributed by atoms with Gasteiger partial charge in [-0.1, -0.05) is 28.3 Å². The molecule has 14 heteroatoms. The van der Waals surface area contributed by atoms with Gasteiger partial charge in [0.25, 0.3) is 0 Å². The number of thioether (sulfide) groups is 1. The molecule has 1 aromatic carbocycles. The van der Waals surface area contributed by atoms with Crippen LogP contribution in [-0.2, 0) is 9.59 Å². The zero-order chi connectivity index (χ0) is 28.4. The Balaban J connectivity index is 1.48. The van der Waals surface area contributed by atoms with Crippen LogP contribution in [0, 0.1) is 18.3 Å². The lowest BCUT2D eigenvalue weighted by atomic mass is 9.75. The van der Waals surface area contributed by atoms with Gasteiger partial charge in [0.2, 0.25) is 11.0 Å². The van der Waals surface area contributed by atoms with Gasteiger partial charge in [-0.2, -0.15) is 5.26 Å². The summed E-state index contributed by atoms with van der Waals surface area (Å²) in [7, 11) is 3.08. The summed E-state index contributed by atoms with van der Waals surface area (Å²) in [5.74, 6) is 1.16. The summed E-state index contributed by atoms with van der Waals surface area (Å²) >= 11 is 2.41. The number of hydrogen-bond acceptors (Lipinski definition) is 13. The number of carbonyl (C=O) groups is 2. The zero-order valence-electron chi connectivity index (χ0n) is 21.9. The molecule has 5 rings (SSSR count). The number of benzene rings is 1. The van der Waals surface area contributed by atoms with Crippen LogP contribution >= 0.6 is 23.1 Å². The normalized spacial score (nSPS) is 17.0. The van der Waals surface area contributed by atoms with E-state index in [0.717, 1.165) is 0 Å². The van der Waals surface area contributed by atoms with Crippen molar-refractivity contribution < 1.29 is 23.6 Å². The lowest BCUT2D eigenvalue weighted by Crippen LogP contribution is -2.38. The van der Waals surface area contributed by atoms with E-state index in [2.05, 4.69) is 26.7 Å². The highest BCUT2D eigenvalue weighted by molar-refractivity contribution is 8.01. The Morgan fingerprint density at radius 1 is 1.30 bits per heavy atom. The molecule has 0 radical (unpaired) electrons. The summed E-state index contributed by atoms with van der Waals surface area (Å²) in [6.07, 6.45) is 1.55. The first-order chi connectivity index (χ1) is 19.3. The Bertz CT molecular complexity index is 1590. The summed E-state index contributed by atoms with van der Waals surface area (Å²) in [6, 6.07) is 9.11. The first-order valence-electron chi connectivity index (χ1n) is 12.2. The van der Waals surface area contributed by atoms with Crippen molar-refractivity contribution in [3.05, 3.63) is 58.3 Å². The van der Waals surface area contributed by atoms with E-state index in [0.29, 0.717) is 68.6 Å². The number of Topliss-reactive ketones (excluding diaryl/α,β-unsaturated/α-hetero) is 1. The van der Waals surface area contributed by atoms with E-state index in [4.69, 9.17) is 19.7 Å². The molecule has 0 bridgehead atoms. The Morgan fingerprint density at radius 3 is 2.83 bits per heavy atom. The van der Waals surface area contributed by atoms with Gasteiger partial charge in [-0.15, -0.1) is 10.2 Å². The van der Waals surface area contributed by atoms with E-state index in [-0.39, 0.29) is 28.8 Å². The zero-order valence-corrected chi connectivity index (χ0v) is 23.5. The predicted molar refractivity (Wildman–Crippen MR) is 148 cm³/mol. The topological polar surface area (TPSA) is 169 Å². The van der Waals surface area contributed by atoms with Gasteiger partial charge in [0, 0.05) is 29.3 Å². The van der Waals surface area contributed by atoms with Crippen LogP contribution < -0.4 is 25.4 Å². The average molecular weight is 580 g/mol. The third-order valence-corrected chi connectivity index (χ3v) is 8.51. The van der Waals surface area contributed by atoms with E-state index in [1.165, 1.54) is 30.2 Å². The number of nitrogens with zero attached hydrogens (tertiary/aromatic N) is 5. The molecular formula is C26H25N7O5S2. The second kappa shape index (κ2) is 11.4. The fourth-order valence-corrected chi connectivity index (χ4v) is 6.44. The maximum Gasteiger partial charge on any atom is 0.236 e. The standard InChI is InChI=1S/C26H25N7O5S2/c1-13-9-20(32-38-13)29-21(35)12-39-26-31-30-25(40-26)33-17-5-4-6-18(34)23(17)22(16(11-27)24(33)28)15-10-14(36-2)7-8-19(15)37-3/h7-10,22H,4-6,12,28H2,1-3H3,(H,29,32,35). The number of methoxy groups -OCH3 is 2. The maximum absolute atomic E-state index is 13.4. The molecule has 12 nitrogen and oxygen atoms in total. The number of ketones is 1. The number of nitrogens with one attached hydrogen (secondary N) is 1. The number of aromatic nitrogens is 3.